The number of nitrogens with two attached hydrogens (primary N) is 1. The highest BCUT2D eigenvalue weighted by molar-refractivity contribution is 5.75. The van der Waals surface area contributed by atoms with Crippen molar-refractivity contribution < 1.29 is 14.3 Å². The number of hydrogen-bond donors (Lipinski definition) is 1. The molecule has 0 amide bonds. The molecule has 0 heterocycles. The van der Waals surface area contributed by atoms with E-state index < -0.39 is 12.0 Å². The summed E-state index contributed by atoms with van der Waals surface area (Å²) in [5, 5.41) is 0. The number of esters is 1. The van der Waals surface area contributed by atoms with Gasteiger partial charge >= 0.3 is 5.97 Å². The van der Waals surface area contributed by atoms with E-state index in [0.717, 1.165) is 19.3 Å². The molecule has 1 aromatic carbocycles. The molecule has 0 saturated carbocycles. The van der Waals surface area contributed by atoms with Crippen LogP contribution in [0.3, 0.4) is 0 Å². The fraction of sp³-hybridized carbons (Fsp3) is 0.500. The maximum absolute atomic E-state index is 11.2. The van der Waals surface area contributed by atoms with Crippen molar-refractivity contribution in [2.24, 2.45) is 5.73 Å². The Morgan fingerprint density at radius 3 is 3.06 bits per heavy atom. The quantitative estimate of drug-likeness (QED) is 0.823. The molecule has 2 N–H and O–H groups in total. The van der Waals surface area contributed by atoms with Gasteiger partial charge in [0.1, 0.15) is 6.04 Å². The molecule has 1 aliphatic rings. The van der Waals surface area contributed by atoms with Gasteiger partial charge in [-0.05, 0) is 30.4 Å². The number of methoxy groups -OCH3 is 1. The molecule has 2 atom stereocenters. The summed E-state index contributed by atoms with van der Waals surface area (Å²) in [6.07, 6.45) is 3.23. The third-order valence-corrected chi connectivity index (χ3v) is 3.30. The third kappa shape index (κ3) is 2.89. The zero-order chi connectivity index (χ0) is 13.0. The summed E-state index contributed by atoms with van der Waals surface area (Å²) in [5.41, 5.74) is 8.22. The Labute approximate surface area is 107 Å². The summed E-state index contributed by atoms with van der Waals surface area (Å²) >= 11 is 0. The number of carbonyl (C=O) groups is 1. The molecule has 0 fully saturated rings. The Bertz CT molecular complexity index is 419. The van der Waals surface area contributed by atoms with Gasteiger partial charge in [-0.25, -0.2) is 0 Å². The van der Waals surface area contributed by atoms with E-state index in [9.17, 15) is 4.79 Å². The number of hydrogen-bond acceptors (Lipinski definition) is 4. The first-order valence-electron chi connectivity index (χ1n) is 6.25. The van der Waals surface area contributed by atoms with Crippen molar-refractivity contribution in [3.05, 3.63) is 35.4 Å². The predicted octanol–water partition coefficient (Wildman–Crippen LogP) is 1.58. The van der Waals surface area contributed by atoms with Gasteiger partial charge in [-0.2, -0.15) is 0 Å². The molecule has 4 heteroatoms. The second kappa shape index (κ2) is 5.98. The van der Waals surface area contributed by atoms with Gasteiger partial charge in [0.15, 0.2) is 0 Å². The molecule has 4 nitrogen and oxygen atoms in total. The number of rotatable bonds is 4. The number of carbonyl (C=O) groups excluding carboxylic acids is 1. The number of benzene rings is 1. The van der Waals surface area contributed by atoms with Gasteiger partial charge in [-0.15, -0.1) is 0 Å². The minimum Gasteiger partial charge on any atom is -0.468 e. The lowest BCUT2D eigenvalue weighted by Crippen LogP contribution is -2.36. The lowest BCUT2D eigenvalue weighted by molar-refractivity contribution is -0.144. The Hall–Kier alpha value is -1.39. The Balaban J connectivity index is 1.97. The highest BCUT2D eigenvalue weighted by atomic mass is 16.5. The van der Waals surface area contributed by atoms with Crippen LogP contribution >= 0.6 is 0 Å². The van der Waals surface area contributed by atoms with E-state index in [-0.39, 0.29) is 12.7 Å². The van der Waals surface area contributed by atoms with Crippen LogP contribution in [0.1, 0.15) is 30.1 Å². The Morgan fingerprint density at radius 1 is 1.50 bits per heavy atom. The van der Waals surface area contributed by atoms with Crippen LogP contribution < -0.4 is 5.73 Å². The monoisotopic (exact) mass is 249 g/mol. The minimum absolute atomic E-state index is 0.0469. The number of ether oxygens (including phenoxy) is 2. The summed E-state index contributed by atoms with van der Waals surface area (Å²) in [5.74, 6) is -0.431. The van der Waals surface area contributed by atoms with Gasteiger partial charge < -0.3 is 15.2 Å². The molecule has 98 valence electrons. The smallest absolute Gasteiger partial charge is 0.325 e. The van der Waals surface area contributed by atoms with E-state index in [1.165, 1.54) is 18.2 Å². The Kier molecular flexibility index (Phi) is 4.33. The molecule has 2 rings (SSSR count). The van der Waals surface area contributed by atoms with Crippen LogP contribution in [0.15, 0.2) is 24.3 Å². The fourth-order valence-corrected chi connectivity index (χ4v) is 2.32. The van der Waals surface area contributed by atoms with E-state index in [1.54, 1.807) is 0 Å². The zero-order valence-electron chi connectivity index (χ0n) is 10.6. The summed E-state index contributed by atoms with van der Waals surface area (Å²) in [7, 11) is 1.33. The fourth-order valence-electron chi connectivity index (χ4n) is 2.32. The zero-order valence-corrected chi connectivity index (χ0v) is 10.6. The van der Waals surface area contributed by atoms with Crippen LogP contribution in [0.5, 0.6) is 0 Å². The first-order chi connectivity index (χ1) is 8.72. The van der Waals surface area contributed by atoms with E-state index in [4.69, 9.17) is 10.5 Å². The minimum atomic E-state index is -0.705. The van der Waals surface area contributed by atoms with Crippen LogP contribution in [0.4, 0.5) is 0 Å². The molecule has 0 saturated heterocycles. The van der Waals surface area contributed by atoms with E-state index >= 15 is 0 Å². The molecular formula is C14H19NO3. The van der Waals surface area contributed by atoms with Gasteiger partial charge in [0, 0.05) is 0 Å². The molecule has 2 unspecified atom stereocenters. The van der Waals surface area contributed by atoms with Crippen LogP contribution in [0.2, 0.25) is 0 Å². The van der Waals surface area contributed by atoms with Crippen molar-refractivity contribution in [2.75, 3.05) is 13.7 Å². The van der Waals surface area contributed by atoms with E-state index in [2.05, 4.69) is 16.9 Å². The molecule has 0 radical (unpaired) electrons. The third-order valence-electron chi connectivity index (χ3n) is 3.30. The predicted molar refractivity (Wildman–Crippen MR) is 68.1 cm³/mol. The van der Waals surface area contributed by atoms with E-state index in [0.29, 0.717) is 0 Å². The average Bonchev–Trinajstić information content (AvgIpc) is 2.43. The van der Waals surface area contributed by atoms with Crippen molar-refractivity contribution in [3.63, 3.8) is 0 Å². The van der Waals surface area contributed by atoms with Crippen LogP contribution in [0.25, 0.3) is 0 Å². The van der Waals surface area contributed by atoms with Gasteiger partial charge in [0.2, 0.25) is 0 Å². The normalized spacial score (nSPS) is 20.0. The van der Waals surface area contributed by atoms with Crippen molar-refractivity contribution in [3.8, 4) is 0 Å². The lowest BCUT2D eigenvalue weighted by Gasteiger charge is -2.26. The van der Waals surface area contributed by atoms with Crippen LogP contribution in [0, 0.1) is 0 Å². The van der Waals surface area contributed by atoms with Gasteiger partial charge in [-0.3, -0.25) is 4.79 Å². The molecule has 0 bridgehead atoms. The molecular weight excluding hydrogens is 230 g/mol. The summed E-state index contributed by atoms with van der Waals surface area (Å²) in [6, 6.07) is 7.57. The maximum Gasteiger partial charge on any atom is 0.325 e. The van der Waals surface area contributed by atoms with Crippen molar-refractivity contribution >= 4 is 5.97 Å². The highest BCUT2D eigenvalue weighted by Gasteiger charge is 2.22. The lowest BCUT2D eigenvalue weighted by atomic mass is 9.89. The molecule has 0 aromatic heterocycles. The Morgan fingerprint density at radius 2 is 2.28 bits per heavy atom. The van der Waals surface area contributed by atoms with Crippen LogP contribution in [-0.4, -0.2) is 25.7 Å². The van der Waals surface area contributed by atoms with E-state index in [1.807, 2.05) is 12.1 Å². The van der Waals surface area contributed by atoms with Crippen molar-refractivity contribution in [2.45, 2.75) is 31.4 Å². The second-order valence-corrected chi connectivity index (χ2v) is 4.54. The first-order valence-corrected chi connectivity index (χ1v) is 6.25. The average molecular weight is 249 g/mol. The standard InChI is InChI=1S/C14H19NO3/c1-17-14(16)12(15)9-18-13-8-4-6-10-5-2-3-7-11(10)13/h2-3,5,7,12-13H,4,6,8-9,15H2,1H3. The van der Waals surface area contributed by atoms with Gasteiger partial charge in [0.25, 0.3) is 0 Å². The SMILES string of the molecule is COC(=O)C(N)COC1CCCc2ccccc21. The first kappa shape index (κ1) is 13.1. The summed E-state index contributed by atoms with van der Waals surface area (Å²) < 4.78 is 10.3. The molecule has 1 aliphatic carbocycles. The summed E-state index contributed by atoms with van der Waals surface area (Å²) in [4.78, 5) is 11.2. The van der Waals surface area contributed by atoms with Crippen molar-refractivity contribution in [1.82, 2.24) is 0 Å². The largest absolute Gasteiger partial charge is 0.468 e. The molecule has 18 heavy (non-hydrogen) atoms. The van der Waals surface area contributed by atoms with Gasteiger partial charge in [0.05, 0.1) is 19.8 Å². The summed E-state index contributed by atoms with van der Waals surface area (Å²) in [6.45, 7) is 0.200. The van der Waals surface area contributed by atoms with Gasteiger partial charge in [-0.1, -0.05) is 24.3 Å². The molecule has 0 spiro atoms. The molecule has 1 aromatic rings. The van der Waals surface area contributed by atoms with Crippen molar-refractivity contribution in [1.29, 1.82) is 0 Å². The van der Waals surface area contributed by atoms with Crippen LogP contribution in [-0.2, 0) is 20.7 Å². The maximum atomic E-state index is 11.2. The topological polar surface area (TPSA) is 61.5 Å². The number of fused-ring (bicyclic) bond motifs is 1. The number of aryl methyl sites for hydroxylation is 1. The highest BCUT2D eigenvalue weighted by Crippen LogP contribution is 2.32. The molecule has 0 aliphatic heterocycles. The second-order valence-electron chi connectivity index (χ2n) is 4.54.